The van der Waals surface area contributed by atoms with E-state index in [0.717, 1.165) is 30.6 Å². The summed E-state index contributed by atoms with van der Waals surface area (Å²) in [5.41, 5.74) is 2.28. The van der Waals surface area contributed by atoms with Crippen molar-refractivity contribution in [3.05, 3.63) is 29.3 Å². The van der Waals surface area contributed by atoms with Gasteiger partial charge in [-0.1, -0.05) is 38.3 Å². The van der Waals surface area contributed by atoms with Crippen LogP contribution in [-0.4, -0.2) is 13.0 Å². The Morgan fingerprint density at radius 3 is 2.62 bits per heavy atom. The lowest BCUT2D eigenvalue weighted by Gasteiger charge is -2.25. The van der Waals surface area contributed by atoms with Crippen LogP contribution in [0.5, 0.6) is 5.75 Å². The van der Waals surface area contributed by atoms with Crippen molar-refractivity contribution in [2.24, 2.45) is 5.92 Å². The Hall–Kier alpha value is -1.51. The molecule has 0 radical (unpaired) electrons. The fraction of sp³-hybridized carbons (Fsp3) is 0.611. The summed E-state index contributed by atoms with van der Waals surface area (Å²) in [5, 5.41) is 3.24. The number of methoxy groups -OCH3 is 1. The second-order valence-corrected chi connectivity index (χ2v) is 6.03. The normalized spacial score (nSPS) is 17.3. The molecular formula is C18H27NO2. The summed E-state index contributed by atoms with van der Waals surface area (Å²) in [6.07, 6.45) is 6.66. The third kappa shape index (κ3) is 3.99. The number of ether oxygens (including phenoxy) is 1. The zero-order valence-electron chi connectivity index (χ0n) is 13.4. The maximum absolute atomic E-state index is 12.4. The highest BCUT2D eigenvalue weighted by atomic mass is 16.5. The molecule has 0 bridgehead atoms. The van der Waals surface area contributed by atoms with E-state index >= 15 is 0 Å². The third-order valence-electron chi connectivity index (χ3n) is 4.52. The van der Waals surface area contributed by atoms with E-state index in [1.54, 1.807) is 7.11 Å². The number of carbonyl (C=O) groups is 1. The van der Waals surface area contributed by atoms with Gasteiger partial charge in [0.2, 0.25) is 5.91 Å². The maximum Gasteiger partial charge on any atom is 0.223 e. The van der Waals surface area contributed by atoms with Crippen LogP contribution in [0.2, 0.25) is 0 Å². The first-order chi connectivity index (χ1) is 10.2. The van der Waals surface area contributed by atoms with E-state index in [1.165, 1.54) is 24.8 Å². The van der Waals surface area contributed by atoms with Crippen molar-refractivity contribution in [3.8, 4) is 5.75 Å². The fourth-order valence-electron chi connectivity index (χ4n) is 3.19. The largest absolute Gasteiger partial charge is 0.496 e. The summed E-state index contributed by atoms with van der Waals surface area (Å²) in [6.45, 7) is 4.16. The summed E-state index contributed by atoms with van der Waals surface area (Å²) in [7, 11) is 1.68. The van der Waals surface area contributed by atoms with Crippen LogP contribution < -0.4 is 10.1 Å². The second-order valence-electron chi connectivity index (χ2n) is 6.03. The van der Waals surface area contributed by atoms with Crippen molar-refractivity contribution in [2.45, 2.75) is 58.4 Å². The summed E-state index contributed by atoms with van der Waals surface area (Å²) in [4.78, 5) is 12.4. The van der Waals surface area contributed by atoms with Gasteiger partial charge in [-0.2, -0.15) is 0 Å². The lowest BCUT2D eigenvalue weighted by atomic mass is 9.88. The lowest BCUT2D eigenvalue weighted by Crippen LogP contribution is -2.34. The second kappa shape index (κ2) is 7.48. The van der Waals surface area contributed by atoms with Gasteiger partial charge < -0.3 is 10.1 Å². The third-order valence-corrected chi connectivity index (χ3v) is 4.52. The van der Waals surface area contributed by atoms with Crippen LogP contribution in [-0.2, 0) is 4.79 Å². The monoisotopic (exact) mass is 289 g/mol. The molecule has 21 heavy (non-hydrogen) atoms. The van der Waals surface area contributed by atoms with E-state index in [9.17, 15) is 4.79 Å². The van der Waals surface area contributed by atoms with Crippen LogP contribution in [0.1, 0.15) is 62.6 Å². The van der Waals surface area contributed by atoms with Crippen molar-refractivity contribution in [1.82, 2.24) is 5.32 Å². The zero-order chi connectivity index (χ0) is 15.2. The van der Waals surface area contributed by atoms with Crippen molar-refractivity contribution >= 4 is 5.91 Å². The topological polar surface area (TPSA) is 38.3 Å². The van der Waals surface area contributed by atoms with Crippen LogP contribution >= 0.6 is 0 Å². The van der Waals surface area contributed by atoms with E-state index in [1.807, 2.05) is 13.0 Å². The van der Waals surface area contributed by atoms with Crippen LogP contribution in [0.4, 0.5) is 0 Å². The predicted octanol–water partition coefficient (Wildman–Crippen LogP) is 4.15. The van der Waals surface area contributed by atoms with Gasteiger partial charge in [0.15, 0.2) is 0 Å². The minimum atomic E-state index is 0.101. The first-order valence-electron chi connectivity index (χ1n) is 8.10. The molecule has 0 aliphatic heterocycles. The molecule has 1 aromatic carbocycles. The minimum absolute atomic E-state index is 0.101. The predicted molar refractivity (Wildman–Crippen MR) is 85.5 cm³/mol. The number of rotatable bonds is 5. The highest BCUT2D eigenvalue weighted by Gasteiger charge is 2.23. The molecule has 0 heterocycles. The van der Waals surface area contributed by atoms with Crippen molar-refractivity contribution in [3.63, 3.8) is 0 Å². The van der Waals surface area contributed by atoms with Crippen molar-refractivity contribution in [1.29, 1.82) is 0 Å². The Labute approximate surface area is 128 Å². The molecular weight excluding hydrogens is 262 g/mol. The molecule has 2 rings (SSSR count). The van der Waals surface area contributed by atoms with E-state index < -0.39 is 0 Å². The number of aryl methyl sites for hydroxylation is 1. The van der Waals surface area contributed by atoms with Crippen molar-refractivity contribution < 1.29 is 9.53 Å². The van der Waals surface area contributed by atoms with Gasteiger partial charge in [-0.15, -0.1) is 0 Å². The van der Waals surface area contributed by atoms with Gasteiger partial charge in [-0.25, -0.2) is 0 Å². The molecule has 1 aliphatic rings. The summed E-state index contributed by atoms with van der Waals surface area (Å²) in [6, 6.07) is 6.26. The highest BCUT2D eigenvalue weighted by molar-refractivity contribution is 5.79. The van der Waals surface area contributed by atoms with Gasteiger partial charge in [0.1, 0.15) is 5.75 Å². The van der Waals surface area contributed by atoms with Crippen LogP contribution in [0.15, 0.2) is 18.2 Å². The molecule has 0 saturated heterocycles. The molecule has 1 amide bonds. The number of carbonyl (C=O) groups excluding carboxylic acids is 1. The number of benzene rings is 1. The number of hydrogen-bond acceptors (Lipinski definition) is 2. The fourth-order valence-corrected chi connectivity index (χ4v) is 3.19. The Morgan fingerprint density at radius 1 is 1.33 bits per heavy atom. The summed E-state index contributed by atoms with van der Waals surface area (Å²) >= 11 is 0. The van der Waals surface area contributed by atoms with Gasteiger partial charge >= 0.3 is 0 Å². The molecule has 0 spiro atoms. The molecule has 3 nitrogen and oxygen atoms in total. The Balaban J connectivity index is 2.05. The minimum Gasteiger partial charge on any atom is -0.496 e. The summed E-state index contributed by atoms with van der Waals surface area (Å²) in [5.74, 6) is 1.34. The van der Waals surface area contributed by atoms with Crippen LogP contribution in [0.3, 0.4) is 0 Å². The number of hydrogen-bond donors (Lipinski definition) is 1. The summed E-state index contributed by atoms with van der Waals surface area (Å²) < 4.78 is 5.30. The highest BCUT2D eigenvalue weighted by Crippen LogP contribution is 2.27. The quantitative estimate of drug-likeness (QED) is 0.884. The van der Waals surface area contributed by atoms with E-state index in [4.69, 9.17) is 4.74 Å². The SMILES string of the molecule is CCC(NC(=O)C1CCCCC1)c1ccc(OC)c(C)c1. The molecule has 1 atom stereocenters. The van der Waals surface area contributed by atoms with Crippen LogP contribution in [0, 0.1) is 12.8 Å². The first-order valence-corrected chi connectivity index (χ1v) is 8.10. The van der Waals surface area contributed by atoms with E-state index in [-0.39, 0.29) is 17.9 Å². The molecule has 1 fully saturated rings. The average molecular weight is 289 g/mol. The number of amides is 1. The van der Waals surface area contributed by atoms with Crippen molar-refractivity contribution in [2.75, 3.05) is 7.11 Å². The molecule has 3 heteroatoms. The Bertz CT molecular complexity index is 478. The average Bonchev–Trinajstić information content (AvgIpc) is 2.53. The maximum atomic E-state index is 12.4. The van der Waals surface area contributed by atoms with E-state index in [0.29, 0.717) is 0 Å². The Kier molecular flexibility index (Phi) is 5.66. The first kappa shape index (κ1) is 15.9. The molecule has 1 N–H and O–H groups in total. The van der Waals surface area contributed by atoms with Gasteiger partial charge in [0, 0.05) is 5.92 Å². The molecule has 1 aliphatic carbocycles. The van der Waals surface area contributed by atoms with Gasteiger partial charge in [-0.3, -0.25) is 4.79 Å². The molecule has 1 unspecified atom stereocenters. The Morgan fingerprint density at radius 2 is 2.05 bits per heavy atom. The van der Waals surface area contributed by atoms with Gasteiger partial charge in [0.05, 0.1) is 13.2 Å². The lowest BCUT2D eigenvalue weighted by molar-refractivity contribution is -0.126. The molecule has 1 aromatic rings. The van der Waals surface area contributed by atoms with Gasteiger partial charge in [0.25, 0.3) is 0 Å². The number of nitrogens with one attached hydrogen (secondary N) is 1. The smallest absolute Gasteiger partial charge is 0.223 e. The van der Waals surface area contributed by atoms with Gasteiger partial charge in [-0.05, 0) is 43.4 Å². The molecule has 0 aromatic heterocycles. The standard InChI is InChI=1S/C18H27NO2/c1-4-16(15-10-11-17(21-3)13(2)12-15)19-18(20)14-8-6-5-7-9-14/h10-12,14,16H,4-9H2,1-3H3,(H,19,20). The molecule has 116 valence electrons. The van der Waals surface area contributed by atoms with E-state index in [2.05, 4.69) is 24.4 Å². The van der Waals surface area contributed by atoms with Crippen LogP contribution in [0.25, 0.3) is 0 Å². The molecule has 1 saturated carbocycles. The zero-order valence-corrected chi connectivity index (χ0v) is 13.4.